The van der Waals surface area contributed by atoms with Crippen LogP contribution in [0, 0.1) is 13.8 Å². The van der Waals surface area contributed by atoms with E-state index in [4.69, 9.17) is 25.8 Å². The Morgan fingerprint density at radius 2 is 1.96 bits per heavy atom. The number of carbonyl (C=O) groups is 1. The molecule has 0 aliphatic carbocycles. The van der Waals surface area contributed by atoms with E-state index in [1.807, 2.05) is 44.2 Å². The minimum absolute atomic E-state index is 0.00953. The highest BCUT2D eigenvalue weighted by Gasteiger charge is 2.16. The summed E-state index contributed by atoms with van der Waals surface area (Å²) < 4.78 is 16.6. The molecule has 0 atom stereocenters. The number of ether oxygens (including phenoxy) is 3. The number of nitrogens with one attached hydrogen (secondary N) is 1. The molecule has 1 aliphatic heterocycles. The van der Waals surface area contributed by atoms with Gasteiger partial charge in [-0.25, -0.2) is 0 Å². The number of halogens is 1. The van der Waals surface area contributed by atoms with Crippen molar-refractivity contribution in [3.05, 3.63) is 52.0 Å². The van der Waals surface area contributed by atoms with E-state index in [1.165, 1.54) is 5.56 Å². The van der Waals surface area contributed by atoms with Crippen molar-refractivity contribution in [2.24, 2.45) is 0 Å². The van der Waals surface area contributed by atoms with Crippen LogP contribution < -0.4 is 19.5 Å². The van der Waals surface area contributed by atoms with E-state index in [2.05, 4.69) is 5.32 Å². The number of amides is 1. The van der Waals surface area contributed by atoms with Crippen LogP contribution in [0.2, 0.25) is 5.02 Å². The van der Waals surface area contributed by atoms with Crippen molar-refractivity contribution in [3.63, 3.8) is 0 Å². The summed E-state index contributed by atoms with van der Waals surface area (Å²) in [6.45, 7) is 5.55. The van der Waals surface area contributed by atoms with Crippen LogP contribution in [-0.4, -0.2) is 32.3 Å². The number of hydrogen-bond donors (Lipinski definition) is 1. The van der Waals surface area contributed by atoms with Crippen LogP contribution in [0.4, 0.5) is 0 Å². The van der Waals surface area contributed by atoms with E-state index in [0.29, 0.717) is 48.5 Å². The number of aryl methyl sites for hydroxylation is 2. The Balaban J connectivity index is 1.46. The van der Waals surface area contributed by atoms with Crippen LogP contribution >= 0.6 is 11.6 Å². The summed E-state index contributed by atoms with van der Waals surface area (Å²) in [5.41, 5.74) is 3.31. The van der Waals surface area contributed by atoms with E-state index in [-0.39, 0.29) is 12.5 Å². The Morgan fingerprint density at radius 1 is 1.15 bits per heavy atom. The molecule has 0 spiro atoms. The van der Waals surface area contributed by atoms with Crippen LogP contribution in [0.5, 0.6) is 17.2 Å². The van der Waals surface area contributed by atoms with Gasteiger partial charge in [0.05, 0.1) is 5.02 Å². The van der Waals surface area contributed by atoms with Gasteiger partial charge in [0.25, 0.3) is 5.91 Å². The van der Waals surface area contributed by atoms with Gasteiger partial charge in [-0.1, -0.05) is 17.7 Å². The molecule has 0 radical (unpaired) electrons. The van der Waals surface area contributed by atoms with Crippen LogP contribution in [0.3, 0.4) is 0 Å². The molecule has 1 amide bonds. The molecule has 1 heterocycles. The zero-order valence-electron chi connectivity index (χ0n) is 14.9. The summed E-state index contributed by atoms with van der Waals surface area (Å²) in [5, 5.41) is 3.38. The van der Waals surface area contributed by atoms with Crippen molar-refractivity contribution in [1.29, 1.82) is 0 Å². The third-order valence-electron chi connectivity index (χ3n) is 4.24. The summed E-state index contributed by atoms with van der Waals surface area (Å²) in [6, 6.07) is 9.52. The minimum atomic E-state index is -0.160. The quantitative estimate of drug-likeness (QED) is 0.840. The van der Waals surface area contributed by atoms with Crippen molar-refractivity contribution >= 4 is 17.5 Å². The highest BCUT2D eigenvalue weighted by atomic mass is 35.5. The highest BCUT2D eigenvalue weighted by Crippen LogP contribution is 2.38. The van der Waals surface area contributed by atoms with Gasteiger partial charge in [0.15, 0.2) is 18.1 Å². The molecule has 2 aromatic rings. The normalized spacial score (nSPS) is 12.6. The molecular weight excluding hydrogens is 354 g/mol. The Hall–Kier alpha value is -2.40. The molecule has 5 nitrogen and oxygen atoms in total. The van der Waals surface area contributed by atoms with Gasteiger partial charge in [-0.2, -0.15) is 0 Å². The van der Waals surface area contributed by atoms with Crippen LogP contribution in [-0.2, 0) is 11.2 Å². The lowest BCUT2D eigenvalue weighted by atomic mass is 10.1. The summed E-state index contributed by atoms with van der Waals surface area (Å²) in [7, 11) is 0. The number of fused-ring (bicyclic) bond motifs is 1. The van der Waals surface area contributed by atoms with Gasteiger partial charge in [-0.05, 0) is 61.2 Å². The first-order valence-electron chi connectivity index (χ1n) is 8.57. The molecule has 0 unspecified atom stereocenters. The Kier molecular flexibility index (Phi) is 5.89. The fourth-order valence-electron chi connectivity index (χ4n) is 2.66. The minimum Gasteiger partial charge on any atom is -0.486 e. The molecular formula is C20H22ClNO4. The molecule has 6 heteroatoms. The van der Waals surface area contributed by atoms with Crippen LogP contribution in [0.25, 0.3) is 0 Å². The first-order valence-corrected chi connectivity index (χ1v) is 8.95. The van der Waals surface area contributed by atoms with E-state index in [0.717, 1.165) is 11.1 Å². The Bertz CT molecular complexity index is 807. The average molecular weight is 376 g/mol. The molecule has 2 aromatic carbocycles. The number of carbonyl (C=O) groups excluding carboxylic acids is 1. The van der Waals surface area contributed by atoms with Crippen LogP contribution in [0.15, 0.2) is 30.3 Å². The smallest absolute Gasteiger partial charge is 0.257 e. The Morgan fingerprint density at radius 3 is 2.77 bits per heavy atom. The number of benzene rings is 2. The predicted octanol–water partition coefficient (Wildman–Crippen LogP) is 3.47. The number of rotatable bonds is 6. The maximum atomic E-state index is 12.0. The second kappa shape index (κ2) is 8.32. The summed E-state index contributed by atoms with van der Waals surface area (Å²) in [6.07, 6.45) is 0.645. The van der Waals surface area contributed by atoms with Gasteiger partial charge >= 0.3 is 0 Å². The zero-order chi connectivity index (χ0) is 18.5. The van der Waals surface area contributed by atoms with Gasteiger partial charge in [-0.15, -0.1) is 0 Å². The molecule has 0 fully saturated rings. The average Bonchev–Trinajstić information content (AvgIpc) is 2.63. The van der Waals surface area contributed by atoms with Crippen molar-refractivity contribution in [3.8, 4) is 17.2 Å². The monoisotopic (exact) mass is 375 g/mol. The van der Waals surface area contributed by atoms with Gasteiger partial charge in [-0.3, -0.25) is 4.79 Å². The van der Waals surface area contributed by atoms with Gasteiger partial charge < -0.3 is 19.5 Å². The largest absolute Gasteiger partial charge is 0.486 e. The molecule has 1 aliphatic rings. The van der Waals surface area contributed by atoms with Gasteiger partial charge in [0, 0.05) is 6.54 Å². The van der Waals surface area contributed by atoms with Crippen molar-refractivity contribution in [2.45, 2.75) is 20.3 Å². The summed E-state index contributed by atoms with van der Waals surface area (Å²) in [4.78, 5) is 12.0. The second-order valence-corrected chi connectivity index (χ2v) is 6.64. The molecule has 0 saturated carbocycles. The molecule has 138 valence electrons. The molecule has 0 aromatic heterocycles. The molecule has 3 rings (SSSR count). The highest BCUT2D eigenvalue weighted by molar-refractivity contribution is 6.32. The second-order valence-electron chi connectivity index (χ2n) is 6.24. The lowest BCUT2D eigenvalue weighted by molar-refractivity contribution is -0.123. The topological polar surface area (TPSA) is 56.8 Å². The van der Waals surface area contributed by atoms with Gasteiger partial charge in [0.2, 0.25) is 0 Å². The molecule has 1 N–H and O–H groups in total. The van der Waals surface area contributed by atoms with Gasteiger partial charge in [0.1, 0.15) is 19.0 Å². The van der Waals surface area contributed by atoms with E-state index < -0.39 is 0 Å². The predicted molar refractivity (Wildman–Crippen MR) is 101 cm³/mol. The van der Waals surface area contributed by atoms with Crippen molar-refractivity contribution in [2.75, 3.05) is 26.4 Å². The van der Waals surface area contributed by atoms with Crippen LogP contribution in [0.1, 0.15) is 16.7 Å². The summed E-state index contributed by atoms with van der Waals surface area (Å²) >= 11 is 6.22. The van der Waals surface area contributed by atoms with Crippen molar-refractivity contribution in [1.82, 2.24) is 5.32 Å². The third-order valence-corrected chi connectivity index (χ3v) is 4.52. The van der Waals surface area contributed by atoms with E-state index in [1.54, 1.807) is 0 Å². The Labute approximate surface area is 158 Å². The first kappa shape index (κ1) is 18.4. The fraction of sp³-hybridized carbons (Fsp3) is 0.350. The SMILES string of the molecule is Cc1ccc(OCC(=O)NCCc2cc(Cl)c3c(c2)OCCO3)cc1C. The summed E-state index contributed by atoms with van der Waals surface area (Å²) in [5.74, 6) is 1.78. The molecule has 26 heavy (non-hydrogen) atoms. The zero-order valence-corrected chi connectivity index (χ0v) is 15.7. The van der Waals surface area contributed by atoms with E-state index in [9.17, 15) is 4.79 Å². The lowest BCUT2D eigenvalue weighted by Gasteiger charge is -2.20. The first-order chi connectivity index (χ1) is 12.5. The van der Waals surface area contributed by atoms with Crippen molar-refractivity contribution < 1.29 is 19.0 Å². The standard InChI is InChI=1S/C20H22ClNO4/c1-13-3-4-16(9-14(13)2)26-12-19(23)22-6-5-15-10-17(21)20-18(11-15)24-7-8-25-20/h3-4,9-11H,5-8,12H2,1-2H3,(H,22,23). The maximum absolute atomic E-state index is 12.0. The molecule has 0 saturated heterocycles. The maximum Gasteiger partial charge on any atom is 0.257 e. The molecule has 0 bridgehead atoms. The lowest BCUT2D eigenvalue weighted by Crippen LogP contribution is -2.30. The third kappa shape index (κ3) is 4.61. The fourth-order valence-corrected chi connectivity index (χ4v) is 2.95. The van der Waals surface area contributed by atoms with E-state index >= 15 is 0 Å². The number of hydrogen-bond acceptors (Lipinski definition) is 4.